The van der Waals surface area contributed by atoms with E-state index in [-0.39, 0.29) is 5.91 Å². The maximum absolute atomic E-state index is 11.0. The Kier molecular flexibility index (Phi) is 3.92. The van der Waals surface area contributed by atoms with Crippen LogP contribution in [0.25, 0.3) is 6.08 Å². The molecule has 0 saturated carbocycles. The van der Waals surface area contributed by atoms with Crippen LogP contribution in [0.5, 0.6) is 0 Å². The number of benzene rings is 1. The molecule has 1 aromatic rings. The van der Waals surface area contributed by atoms with E-state index in [4.69, 9.17) is 5.73 Å². The molecule has 0 unspecified atom stereocenters. The van der Waals surface area contributed by atoms with Gasteiger partial charge in [0, 0.05) is 5.57 Å². The lowest BCUT2D eigenvalue weighted by atomic mass is 10.1. The van der Waals surface area contributed by atoms with Crippen LogP contribution in [0.2, 0.25) is 0 Å². The molecular weight excluding hydrogens is 174 g/mol. The lowest BCUT2D eigenvalue weighted by Crippen LogP contribution is -2.13. The van der Waals surface area contributed by atoms with Gasteiger partial charge in [-0.2, -0.15) is 0 Å². The van der Waals surface area contributed by atoms with Gasteiger partial charge in [0.05, 0.1) is 0 Å². The summed E-state index contributed by atoms with van der Waals surface area (Å²) >= 11 is 0. The number of nitrogens with two attached hydrogens (primary N) is 1. The van der Waals surface area contributed by atoms with E-state index in [0.717, 1.165) is 18.4 Å². The van der Waals surface area contributed by atoms with E-state index in [1.807, 2.05) is 43.3 Å². The van der Waals surface area contributed by atoms with Crippen molar-refractivity contribution in [1.29, 1.82) is 0 Å². The van der Waals surface area contributed by atoms with Crippen LogP contribution in [0.4, 0.5) is 0 Å². The second kappa shape index (κ2) is 5.22. The van der Waals surface area contributed by atoms with Crippen LogP contribution in [0.15, 0.2) is 35.9 Å². The molecule has 0 aliphatic carbocycles. The maximum Gasteiger partial charge on any atom is 0.244 e. The molecule has 1 aromatic carbocycles. The molecule has 1 amide bonds. The first kappa shape index (κ1) is 10.5. The third-order valence-electron chi connectivity index (χ3n) is 1.98. The molecule has 74 valence electrons. The minimum atomic E-state index is -0.323. The minimum absolute atomic E-state index is 0.323. The third-order valence-corrected chi connectivity index (χ3v) is 1.98. The van der Waals surface area contributed by atoms with E-state index >= 15 is 0 Å². The summed E-state index contributed by atoms with van der Waals surface area (Å²) in [5, 5.41) is 0. The Labute approximate surface area is 84.4 Å². The second-order valence-corrected chi connectivity index (χ2v) is 3.19. The highest BCUT2D eigenvalue weighted by molar-refractivity contribution is 5.96. The third kappa shape index (κ3) is 3.05. The van der Waals surface area contributed by atoms with Gasteiger partial charge in [-0.1, -0.05) is 43.7 Å². The molecule has 0 fully saturated rings. The largest absolute Gasteiger partial charge is 0.366 e. The summed E-state index contributed by atoms with van der Waals surface area (Å²) in [4.78, 5) is 11.0. The van der Waals surface area contributed by atoms with Gasteiger partial charge in [0.2, 0.25) is 5.91 Å². The zero-order valence-electron chi connectivity index (χ0n) is 8.36. The van der Waals surface area contributed by atoms with Crippen LogP contribution in [-0.2, 0) is 4.79 Å². The number of rotatable bonds is 4. The van der Waals surface area contributed by atoms with Crippen LogP contribution < -0.4 is 5.73 Å². The van der Waals surface area contributed by atoms with Crippen molar-refractivity contribution in [3.63, 3.8) is 0 Å². The number of carbonyl (C=O) groups is 1. The fraction of sp³-hybridized carbons (Fsp3) is 0.250. The Bertz CT molecular complexity index is 327. The molecule has 0 atom stereocenters. The van der Waals surface area contributed by atoms with Crippen LogP contribution in [0.1, 0.15) is 25.3 Å². The Balaban J connectivity index is 2.88. The van der Waals surface area contributed by atoms with Crippen molar-refractivity contribution in [2.24, 2.45) is 5.73 Å². The zero-order chi connectivity index (χ0) is 10.4. The molecule has 0 radical (unpaired) electrons. The van der Waals surface area contributed by atoms with Gasteiger partial charge < -0.3 is 5.73 Å². The highest BCUT2D eigenvalue weighted by atomic mass is 16.1. The van der Waals surface area contributed by atoms with Gasteiger partial charge in [-0.15, -0.1) is 0 Å². The van der Waals surface area contributed by atoms with Gasteiger partial charge in [-0.25, -0.2) is 0 Å². The van der Waals surface area contributed by atoms with Crippen molar-refractivity contribution >= 4 is 12.0 Å². The van der Waals surface area contributed by atoms with E-state index in [2.05, 4.69) is 0 Å². The van der Waals surface area contributed by atoms with Gasteiger partial charge in [0.1, 0.15) is 0 Å². The first-order valence-corrected chi connectivity index (χ1v) is 4.79. The van der Waals surface area contributed by atoms with Crippen molar-refractivity contribution in [1.82, 2.24) is 0 Å². The summed E-state index contributed by atoms with van der Waals surface area (Å²) < 4.78 is 0. The molecular formula is C12H15NO. The summed E-state index contributed by atoms with van der Waals surface area (Å²) in [5.74, 6) is -0.323. The molecule has 0 aromatic heterocycles. The predicted molar refractivity (Wildman–Crippen MR) is 58.5 cm³/mol. The molecule has 0 aliphatic heterocycles. The Morgan fingerprint density at radius 2 is 2.00 bits per heavy atom. The van der Waals surface area contributed by atoms with Crippen LogP contribution in [-0.4, -0.2) is 5.91 Å². The quantitative estimate of drug-likeness (QED) is 0.726. The molecule has 0 bridgehead atoms. The highest BCUT2D eigenvalue weighted by Crippen LogP contribution is 2.10. The van der Waals surface area contributed by atoms with Gasteiger partial charge in [0.15, 0.2) is 0 Å². The normalized spacial score (nSPS) is 11.4. The molecule has 0 saturated heterocycles. The van der Waals surface area contributed by atoms with Gasteiger partial charge in [0.25, 0.3) is 0 Å². The molecule has 2 heteroatoms. The van der Waals surface area contributed by atoms with E-state index in [1.54, 1.807) is 0 Å². The summed E-state index contributed by atoms with van der Waals surface area (Å²) in [7, 11) is 0. The maximum atomic E-state index is 11.0. The van der Waals surface area contributed by atoms with Crippen molar-refractivity contribution in [2.45, 2.75) is 19.8 Å². The van der Waals surface area contributed by atoms with Crippen molar-refractivity contribution < 1.29 is 4.79 Å². The summed E-state index contributed by atoms with van der Waals surface area (Å²) in [6.07, 6.45) is 3.53. The number of amides is 1. The van der Waals surface area contributed by atoms with Gasteiger partial charge in [-0.3, -0.25) is 4.79 Å². The van der Waals surface area contributed by atoms with E-state index in [1.165, 1.54) is 0 Å². The van der Waals surface area contributed by atoms with E-state index < -0.39 is 0 Å². The highest BCUT2D eigenvalue weighted by Gasteiger charge is 2.02. The smallest absolute Gasteiger partial charge is 0.244 e. The summed E-state index contributed by atoms with van der Waals surface area (Å²) in [6, 6.07) is 9.74. The van der Waals surface area contributed by atoms with E-state index in [0.29, 0.717) is 5.57 Å². The Morgan fingerprint density at radius 3 is 2.50 bits per heavy atom. The summed E-state index contributed by atoms with van der Waals surface area (Å²) in [6.45, 7) is 2.03. The molecule has 0 aliphatic rings. The van der Waals surface area contributed by atoms with E-state index in [9.17, 15) is 4.79 Å². The van der Waals surface area contributed by atoms with Crippen LogP contribution in [0, 0.1) is 0 Å². The SMILES string of the molecule is CCCC(=Cc1ccccc1)C(N)=O. The lowest BCUT2D eigenvalue weighted by molar-refractivity contribution is -0.114. The molecule has 0 spiro atoms. The van der Waals surface area contributed by atoms with Crippen LogP contribution in [0.3, 0.4) is 0 Å². The standard InChI is InChI=1S/C12H15NO/c1-2-6-11(12(13)14)9-10-7-4-3-5-8-10/h3-5,7-9H,2,6H2,1H3,(H2,13,14). The first-order valence-electron chi connectivity index (χ1n) is 4.79. The molecule has 1 rings (SSSR count). The van der Waals surface area contributed by atoms with Gasteiger partial charge >= 0.3 is 0 Å². The van der Waals surface area contributed by atoms with Gasteiger partial charge in [-0.05, 0) is 18.1 Å². The number of hydrogen-bond acceptors (Lipinski definition) is 1. The Morgan fingerprint density at radius 1 is 1.36 bits per heavy atom. The average molecular weight is 189 g/mol. The van der Waals surface area contributed by atoms with Crippen molar-refractivity contribution in [3.8, 4) is 0 Å². The number of primary amides is 1. The molecule has 2 N–H and O–H groups in total. The van der Waals surface area contributed by atoms with Crippen LogP contribution >= 0.6 is 0 Å². The molecule has 2 nitrogen and oxygen atoms in total. The zero-order valence-corrected chi connectivity index (χ0v) is 8.36. The topological polar surface area (TPSA) is 43.1 Å². The van der Waals surface area contributed by atoms with Crippen molar-refractivity contribution in [3.05, 3.63) is 41.5 Å². The minimum Gasteiger partial charge on any atom is -0.366 e. The second-order valence-electron chi connectivity index (χ2n) is 3.19. The first-order chi connectivity index (χ1) is 6.74. The van der Waals surface area contributed by atoms with Crippen molar-refractivity contribution in [2.75, 3.05) is 0 Å². The Hall–Kier alpha value is -1.57. The molecule has 14 heavy (non-hydrogen) atoms. The monoisotopic (exact) mass is 189 g/mol. The number of carbonyl (C=O) groups excluding carboxylic acids is 1. The fourth-order valence-corrected chi connectivity index (χ4v) is 1.29. The molecule has 0 heterocycles. The lowest BCUT2D eigenvalue weighted by Gasteiger charge is -2.00. The predicted octanol–water partition coefficient (Wildman–Crippen LogP) is 2.36. The number of hydrogen-bond donors (Lipinski definition) is 1. The average Bonchev–Trinajstić information content (AvgIpc) is 2.18. The fourth-order valence-electron chi connectivity index (χ4n) is 1.29. The summed E-state index contributed by atoms with van der Waals surface area (Å²) in [5.41, 5.74) is 6.98.